The first-order valence-electron chi connectivity index (χ1n) is 8.78. The van der Waals surface area contributed by atoms with Gasteiger partial charge < -0.3 is 0 Å². The van der Waals surface area contributed by atoms with Gasteiger partial charge in [-0.15, -0.1) is 0 Å². The van der Waals surface area contributed by atoms with E-state index in [0.717, 1.165) is 8.70 Å². The van der Waals surface area contributed by atoms with Crippen molar-refractivity contribution in [2.75, 3.05) is 9.44 Å². The second-order valence-electron chi connectivity index (χ2n) is 6.07. The van der Waals surface area contributed by atoms with Crippen LogP contribution in [0.2, 0.25) is 0 Å². The van der Waals surface area contributed by atoms with Crippen LogP contribution in [0.15, 0.2) is 81.5 Å². The monoisotopic (exact) mass is 628 g/mol. The molecule has 164 valence electrons. The molecule has 0 aliphatic heterocycles. The Bertz CT molecular complexity index is 1310. The van der Waals surface area contributed by atoms with E-state index in [1.165, 1.54) is 35.1 Å². The van der Waals surface area contributed by atoms with E-state index in [1.807, 2.05) is 24.3 Å². The summed E-state index contributed by atoms with van der Waals surface area (Å²) < 4.78 is 56.8. The first kappa shape index (κ1) is 23.5. The van der Waals surface area contributed by atoms with Crippen LogP contribution in [-0.4, -0.2) is 53.1 Å². The molecule has 0 aliphatic rings. The van der Waals surface area contributed by atoms with Crippen molar-refractivity contribution in [2.24, 2.45) is 0 Å². The van der Waals surface area contributed by atoms with Gasteiger partial charge in [0.1, 0.15) is 0 Å². The van der Waals surface area contributed by atoms with Gasteiger partial charge in [0.15, 0.2) is 0 Å². The fourth-order valence-corrected chi connectivity index (χ4v) is 13.1. The predicted octanol–water partition coefficient (Wildman–Crippen LogP) is 1.48. The normalized spacial score (nSPS) is 12.1. The van der Waals surface area contributed by atoms with Gasteiger partial charge in [-0.2, -0.15) is 0 Å². The second-order valence-corrected chi connectivity index (χ2v) is 18.6. The van der Waals surface area contributed by atoms with Crippen molar-refractivity contribution < 1.29 is 16.8 Å². The number of benzene rings is 2. The molecule has 2 heterocycles. The Balaban J connectivity index is 1.43. The summed E-state index contributed by atoms with van der Waals surface area (Å²) >= 11 is 2.12. The van der Waals surface area contributed by atoms with E-state index in [1.54, 1.807) is 35.0 Å². The molecule has 4 aromatic rings. The molecule has 0 aliphatic carbocycles. The number of hydrogen-bond donors (Lipinski definition) is 2. The van der Waals surface area contributed by atoms with Crippen molar-refractivity contribution in [3.8, 4) is 0 Å². The third-order valence-corrected chi connectivity index (χ3v) is 16.8. The van der Waals surface area contributed by atoms with Gasteiger partial charge in [-0.25, -0.2) is 0 Å². The molecule has 8 nitrogen and oxygen atoms in total. The average molecular weight is 628 g/mol. The Morgan fingerprint density at radius 2 is 1.00 bits per heavy atom. The molecule has 0 bridgehead atoms. The maximum atomic E-state index is 12.4. The van der Waals surface area contributed by atoms with Crippen molar-refractivity contribution in [3.05, 3.63) is 71.7 Å². The number of hydrogen-bond acceptors (Lipinski definition) is 8. The van der Waals surface area contributed by atoms with E-state index in [-0.39, 0.29) is 36.1 Å². The zero-order valence-electron chi connectivity index (χ0n) is 16.0. The van der Waals surface area contributed by atoms with E-state index in [4.69, 9.17) is 0 Å². The van der Waals surface area contributed by atoms with Crippen LogP contribution in [0.25, 0.3) is 0 Å². The predicted molar refractivity (Wildman–Crippen MR) is 130 cm³/mol. The van der Waals surface area contributed by atoms with Crippen LogP contribution in [-0.2, 0) is 20.0 Å². The number of nitrogens with zero attached hydrogens (tertiary/aromatic N) is 2. The van der Waals surface area contributed by atoms with Crippen LogP contribution in [0.4, 0.5) is 10.3 Å². The molecule has 2 N–H and O–H groups in total. The molecule has 2 aromatic carbocycles. The molecule has 0 fully saturated rings. The Kier molecular flexibility index (Phi) is 7.39. The number of nitrogens with one attached hydrogen (secondary N) is 2. The zero-order valence-corrected chi connectivity index (χ0v) is 23.0. The zero-order chi connectivity index (χ0) is 22.6. The first-order chi connectivity index (χ1) is 15.3. The van der Waals surface area contributed by atoms with Crippen molar-refractivity contribution in [1.29, 1.82) is 0 Å². The van der Waals surface area contributed by atoms with Gasteiger partial charge in [-0.1, -0.05) is 0 Å². The molecular weight excluding hydrogens is 614 g/mol. The fraction of sp³-hybridized carbons (Fsp3) is 0. The SMILES string of the molecule is O=S(=O)(Nc1nccs1)c1ccc([As]=[As]c2ccc(S(=O)(=O)Nc3nccs3)cc2)cc1. The van der Waals surface area contributed by atoms with Crippen LogP contribution in [0.3, 0.4) is 0 Å². The van der Waals surface area contributed by atoms with Crippen molar-refractivity contribution in [1.82, 2.24) is 9.97 Å². The van der Waals surface area contributed by atoms with E-state index in [2.05, 4.69) is 19.4 Å². The Morgan fingerprint density at radius 3 is 1.31 bits per heavy atom. The molecular formula is C18H14As2N4O4S4. The summed E-state index contributed by atoms with van der Waals surface area (Å²) in [5.41, 5.74) is 0. The number of sulfonamides is 2. The topological polar surface area (TPSA) is 118 Å². The number of thiazole rings is 2. The number of aromatic nitrogens is 2. The molecule has 0 saturated carbocycles. The molecule has 0 amide bonds. The van der Waals surface area contributed by atoms with E-state index in [9.17, 15) is 16.8 Å². The molecule has 32 heavy (non-hydrogen) atoms. The van der Waals surface area contributed by atoms with Crippen LogP contribution in [0, 0.1) is 0 Å². The summed E-state index contributed by atoms with van der Waals surface area (Å²) in [6.45, 7) is 0. The molecule has 14 heteroatoms. The quantitative estimate of drug-likeness (QED) is 0.286. The molecule has 0 atom stereocenters. The number of anilines is 2. The van der Waals surface area contributed by atoms with Crippen LogP contribution >= 0.6 is 22.7 Å². The Hall–Kier alpha value is -1.68. The van der Waals surface area contributed by atoms with Gasteiger partial charge in [0.05, 0.1) is 0 Å². The van der Waals surface area contributed by atoms with Crippen LogP contribution in [0.5, 0.6) is 0 Å². The van der Waals surface area contributed by atoms with E-state index < -0.39 is 20.0 Å². The standard InChI is InChI=1S/C18H14As2N4O4S4/c25-31(26,23-17-21-9-11-29-17)15-5-1-13(2-6-15)19-20-14-3-7-16(8-4-14)32(27,28)24-18-22-10-12-30-18/h1-12H,(H,21,23)(H,22,24). The summed E-state index contributed by atoms with van der Waals surface area (Å²) in [5.74, 6) is 0. The molecule has 4 rings (SSSR count). The summed E-state index contributed by atoms with van der Waals surface area (Å²) in [6, 6.07) is 13.7. The minimum absolute atomic E-state index is 0.158. The van der Waals surface area contributed by atoms with Gasteiger partial charge in [0.25, 0.3) is 0 Å². The Labute approximate surface area is 204 Å². The molecule has 0 saturated heterocycles. The molecule has 0 radical (unpaired) electrons. The van der Waals surface area contributed by atoms with E-state index >= 15 is 0 Å². The summed E-state index contributed by atoms with van der Waals surface area (Å²) in [5, 5.41) is 4.07. The molecule has 2 aromatic heterocycles. The molecule has 0 unspecified atom stereocenters. The van der Waals surface area contributed by atoms with Gasteiger partial charge in [-0.05, 0) is 0 Å². The number of rotatable bonds is 8. The summed E-state index contributed by atoms with van der Waals surface area (Å²) in [4.78, 5) is 8.26. The van der Waals surface area contributed by atoms with Crippen molar-refractivity contribution in [3.63, 3.8) is 0 Å². The first-order valence-corrected chi connectivity index (χ1v) is 20.6. The van der Waals surface area contributed by atoms with Gasteiger partial charge in [0.2, 0.25) is 0 Å². The van der Waals surface area contributed by atoms with Crippen LogP contribution < -0.4 is 18.1 Å². The molecule has 0 spiro atoms. The van der Waals surface area contributed by atoms with Gasteiger partial charge in [0, 0.05) is 0 Å². The third kappa shape index (κ3) is 6.01. The second kappa shape index (κ2) is 10.1. The van der Waals surface area contributed by atoms with Gasteiger partial charge in [-0.3, -0.25) is 0 Å². The van der Waals surface area contributed by atoms with Gasteiger partial charge >= 0.3 is 206 Å². The summed E-state index contributed by atoms with van der Waals surface area (Å²) in [7, 11) is -7.31. The van der Waals surface area contributed by atoms with Crippen molar-refractivity contribution in [2.45, 2.75) is 9.79 Å². The maximum absolute atomic E-state index is 12.4. The minimum atomic E-state index is -3.66. The van der Waals surface area contributed by atoms with Crippen molar-refractivity contribution >= 4 is 88.0 Å². The average Bonchev–Trinajstić information content (AvgIpc) is 3.47. The Morgan fingerprint density at radius 1 is 0.625 bits per heavy atom. The summed E-state index contributed by atoms with van der Waals surface area (Å²) in [6.07, 6.45) is 3.08. The van der Waals surface area contributed by atoms with E-state index in [0.29, 0.717) is 10.3 Å². The fourth-order valence-electron chi connectivity index (χ4n) is 2.39. The third-order valence-electron chi connectivity index (χ3n) is 3.88. The van der Waals surface area contributed by atoms with Crippen LogP contribution in [0.1, 0.15) is 0 Å².